The van der Waals surface area contributed by atoms with Crippen molar-refractivity contribution in [2.75, 3.05) is 20.8 Å². The van der Waals surface area contributed by atoms with Gasteiger partial charge in [0.15, 0.2) is 5.78 Å². The van der Waals surface area contributed by atoms with Crippen LogP contribution < -0.4 is 9.47 Å². The van der Waals surface area contributed by atoms with Crippen molar-refractivity contribution in [2.45, 2.75) is 19.3 Å². The molecule has 0 heterocycles. The first-order valence-electron chi connectivity index (χ1n) is 9.48. The van der Waals surface area contributed by atoms with Crippen LogP contribution in [0, 0.1) is 11.7 Å². The first kappa shape index (κ1) is 21.8. The van der Waals surface area contributed by atoms with Gasteiger partial charge in [-0.15, -0.1) is 0 Å². The molecular formula is C23H22ClFO5. The zero-order valence-corrected chi connectivity index (χ0v) is 17.7. The SMILES string of the molecule is CCOC(=O)[C@@H]1C(=O)C=C(c2cc(OC)cc(OC)c2)C[C@@H]1c1c(F)cccc1Cl. The molecule has 2 aromatic rings. The molecule has 0 amide bonds. The highest BCUT2D eigenvalue weighted by atomic mass is 35.5. The molecule has 158 valence electrons. The summed E-state index contributed by atoms with van der Waals surface area (Å²) in [4.78, 5) is 25.6. The van der Waals surface area contributed by atoms with E-state index in [1.165, 1.54) is 32.4 Å². The zero-order valence-electron chi connectivity index (χ0n) is 16.9. The van der Waals surface area contributed by atoms with Crippen molar-refractivity contribution in [3.63, 3.8) is 0 Å². The molecule has 3 rings (SSSR count). The largest absolute Gasteiger partial charge is 0.497 e. The lowest BCUT2D eigenvalue weighted by Gasteiger charge is -2.30. The van der Waals surface area contributed by atoms with Crippen LogP contribution in [-0.4, -0.2) is 32.6 Å². The smallest absolute Gasteiger partial charge is 0.317 e. The monoisotopic (exact) mass is 432 g/mol. The molecular weight excluding hydrogens is 411 g/mol. The predicted octanol–water partition coefficient (Wildman–Crippen LogP) is 4.82. The van der Waals surface area contributed by atoms with E-state index in [0.717, 1.165) is 0 Å². The molecule has 2 atom stereocenters. The quantitative estimate of drug-likeness (QED) is 0.484. The number of hydrogen-bond donors (Lipinski definition) is 0. The third-order valence-corrected chi connectivity index (χ3v) is 5.43. The maximum Gasteiger partial charge on any atom is 0.317 e. The van der Waals surface area contributed by atoms with Gasteiger partial charge < -0.3 is 14.2 Å². The van der Waals surface area contributed by atoms with E-state index in [1.807, 2.05) is 0 Å². The fraction of sp³-hybridized carbons (Fsp3) is 0.304. The Labute approximate surface area is 179 Å². The second-order valence-corrected chi connectivity index (χ2v) is 7.26. The van der Waals surface area contributed by atoms with E-state index >= 15 is 0 Å². The van der Waals surface area contributed by atoms with Crippen LogP contribution in [-0.2, 0) is 14.3 Å². The maximum absolute atomic E-state index is 14.7. The molecule has 0 bridgehead atoms. The summed E-state index contributed by atoms with van der Waals surface area (Å²) < 4.78 is 30.5. The van der Waals surface area contributed by atoms with Crippen LogP contribution >= 0.6 is 11.6 Å². The van der Waals surface area contributed by atoms with Crippen molar-refractivity contribution < 1.29 is 28.2 Å². The van der Waals surface area contributed by atoms with E-state index in [-0.39, 0.29) is 23.6 Å². The molecule has 30 heavy (non-hydrogen) atoms. The molecule has 7 heteroatoms. The Morgan fingerprint density at radius 3 is 2.40 bits per heavy atom. The molecule has 0 aromatic heterocycles. The number of methoxy groups -OCH3 is 2. The minimum absolute atomic E-state index is 0.115. The molecule has 5 nitrogen and oxygen atoms in total. The number of benzene rings is 2. The summed E-state index contributed by atoms with van der Waals surface area (Å²) in [5.74, 6) is -2.60. The van der Waals surface area contributed by atoms with Gasteiger partial charge in [0.2, 0.25) is 0 Å². The maximum atomic E-state index is 14.7. The van der Waals surface area contributed by atoms with Gasteiger partial charge >= 0.3 is 5.97 Å². The van der Waals surface area contributed by atoms with Crippen molar-refractivity contribution >= 4 is 28.9 Å². The second kappa shape index (κ2) is 9.30. The topological polar surface area (TPSA) is 61.8 Å². The van der Waals surface area contributed by atoms with Crippen LogP contribution in [0.4, 0.5) is 4.39 Å². The highest BCUT2D eigenvalue weighted by molar-refractivity contribution is 6.31. The summed E-state index contributed by atoms with van der Waals surface area (Å²) in [5, 5.41) is 0.159. The first-order valence-corrected chi connectivity index (χ1v) is 9.85. The van der Waals surface area contributed by atoms with E-state index in [4.69, 9.17) is 25.8 Å². The van der Waals surface area contributed by atoms with Gasteiger partial charge in [-0.25, -0.2) is 4.39 Å². The van der Waals surface area contributed by atoms with Gasteiger partial charge in [-0.05, 0) is 54.8 Å². The van der Waals surface area contributed by atoms with E-state index in [9.17, 15) is 14.0 Å². The fourth-order valence-corrected chi connectivity index (χ4v) is 4.02. The number of hydrogen-bond acceptors (Lipinski definition) is 5. The van der Waals surface area contributed by atoms with Crippen molar-refractivity contribution in [1.29, 1.82) is 0 Å². The summed E-state index contributed by atoms with van der Waals surface area (Å²) >= 11 is 6.28. The van der Waals surface area contributed by atoms with Crippen molar-refractivity contribution in [3.05, 3.63) is 64.4 Å². The Morgan fingerprint density at radius 1 is 1.17 bits per heavy atom. The summed E-state index contributed by atoms with van der Waals surface area (Å²) in [5.41, 5.74) is 1.44. The Morgan fingerprint density at radius 2 is 1.83 bits per heavy atom. The number of ether oxygens (including phenoxy) is 3. The van der Waals surface area contributed by atoms with E-state index in [0.29, 0.717) is 22.6 Å². The zero-order chi connectivity index (χ0) is 21.8. The lowest BCUT2D eigenvalue weighted by atomic mass is 9.73. The molecule has 0 N–H and O–H groups in total. The number of carbonyl (C=O) groups is 2. The van der Waals surface area contributed by atoms with E-state index < -0.39 is 29.4 Å². The number of ketones is 1. The number of carbonyl (C=O) groups excluding carboxylic acids is 2. The molecule has 0 saturated heterocycles. The molecule has 0 aliphatic heterocycles. The third-order valence-electron chi connectivity index (χ3n) is 5.10. The van der Waals surface area contributed by atoms with E-state index in [1.54, 1.807) is 31.2 Å². The Bertz CT molecular complexity index is 959. The normalized spacial score (nSPS) is 18.6. The van der Waals surface area contributed by atoms with Crippen LogP contribution in [0.15, 0.2) is 42.5 Å². The van der Waals surface area contributed by atoms with Crippen LogP contribution in [0.5, 0.6) is 11.5 Å². The Balaban J connectivity index is 2.12. The minimum Gasteiger partial charge on any atom is -0.497 e. The standard InChI is InChI=1S/C23H22ClFO5/c1-4-30-23(27)22-17(21-18(24)6-5-7-19(21)25)10-14(11-20(22)26)13-8-15(28-2)12-16(9-13)29-3/h5-9,11-12,17,22H,4,10H2,1-3H3/t17-,22+/m1/s1. The van der Waals surface area contributed by atoms with Gasteiger partial charge in [0.1, 0.15) is 23.2 Å². The van der Waals surface area contributed by atoms with Gasteiger partial charge in [0.05, 0.1) is 20.8 Å². The molecule has 0 fully saturated rings. The number of esters is 1. The molecule has 0 spiro atoms. The highest BCUT2D eigenvalue weighted by Crippen LogP contribution is 2.44. The minimum atomic E-state index is -1.17. The number of rotatable bonds is 6. The molecule has 0 radical (unpaired) electrons. The van der Waals surface area contributed by atoms with Crippen molar-refractivity contribution in [2.24, 2.45) is 5.92 Å². The number of halogens is 2. The average Bonchev–Trinajstić information content (AvgIpc) is 2.73. The number of allylic oxidation sites excluding steroid dienone is 2. The summed E-state index contributed by atoms with van der Waals surface area (Å²) in [6.07, 6.45) is 1.62. The predicted molar refractivity (Wildman–Crippen MR) is 111 cm³/mol. The lowest BCUT2D eigenvalue weighted by molar-refractivity contribution is -0.151. The molecule has 1 aliphatic rings. The van der Waals surface area contributed by atoms with Crippen LogP contribution in [0.25, 0.3) is 5.57 Å². The second-order valence-electron chi connectivity index (χ2n) is 6.85. The highest BCUT2D eigenvalue weighted by Gasteiger charge is 2.41. The summed E-state index contributed by atoms with van der Waals surface area (Å²) in [6.45, 7) is 1.77. The molecule has 2 aromatic carbocycles. The van der Waals surface area contributed by atoms with Crippen LogP contribution in [0.2, 0.25) is 5.02 Å². The summed E-state index contributed by atoms with van der Waals surface area (Å²) in [6, 6.07) is 9.51. The van der Waals surface area contributed by atoms with Crippen molar-refractivity contribution in [3.8, 4) is 11.5 Å². The van der Waals surface area contributed by atoms with Gasteiger partial charge in [-0.1, -0.05) is 17.7 Å². The van der Waals surface area contributed by atoms with Gasteiger partial charge in [0.25, 0.3) is 0 Å². The van der Waals surface area contributed by atoms with E-state index in [2.05, 4.69) is 0 Å². The Kier molecular flexibility index (Phi) is 6.77. The molecule has 0 saturated carbocycles. The first-order chi connectivity index (χ1) is 14.4. The molecule has 1 aliphatic carbocycles. The van der Waals surface area contributed by atoms with Gasteiger partial charge in [-0.2, -0.15) is 0 Å². The van der Waals surface area contributed by atoms with Crippen LogP contribution in [0.1, 0.15) is 30.4 Å². The van der Waals surface area contributed by atoms with Crippen LogP contribution in [0.3, 0.4) is 0 Å². The Hall–Kier alpha value is -2.86. The van der Waals surface area contributed by atoms with Gasteiger partial charge in [0, 0.05) is 22.6 Å². The third kappa shape index (κ3) is 4.33. The van der Waals surface area contributed by atoms with Crippen molar-refractivity contribution in [1.82, 2.24) is 0 Å². The fourth-order valence-electron chi connectivity index (χ4n) is 3.71. The molecule has 0 unspecified atom stereocenters. The average molecular weight is 433 g/mol. The summed E-state index contributed by atoms with van der Waals surface area (Å²) in [7, 11) is 3.05. The lowest BCUT2D eigenvalue weighted by Crippen LogP contribution is -2.34. The van der Waals surface area contributed by atoms with Gasteiger partial charge in [-0.3, -0.25) is 9.59 Å².